The van der Waals surface area contributed by atoms with Crippen molar-refractivity contribution in [2.24, 2.45) is 29.6 Å². The van der Waals surface area contributed by atoms with Crippen LogP contribution in [0.1, 0.15) is 101 Å². The quantitative estimate of drug-likeness (QED) is 0.259. The first-order valence-electron chi connectivity index (χ1n) is 17.8. The molecule has 3 saturated heterocycles. The van der Waals surface area contributed by atoms with Crippen molar-refractivity contribution >= 4 is 5.97 Å². The van der Waals surface area contributed by atoms with Gasteiger partial charge < -0.3 is 54.5 Å². The van der Waals surface area contributed by atoms with Crippen LogP contribution in [-0.4, -0.2) is 112 Å². The van der Waals surface area contributed by atoms with E-state index in [0.29, 0.717) is 25.8 Å². The lowest BCUT2D eigenvalue weighted by atomic mass is 9.77. The zero-order chi connectivity index (χ0) is 35.4. The lowest BCUT2D eigenvalue weighted by molar-refractivity contribution is -0.395. The minimum Gasteiger partial charge on any atom is -0.854 e. The smallest absolute Gasteiger partial charge is 0.311 e. The Hall–Kier alpha value is -0.930. The molecular weight excluding hydrogens is 610 g/mol. The third-order valence-electron chi connectivity index (χ3n) is 11.0. The summed E-state index contributed by atoms with van der Waals surface area (Å²) in [5, 5.41) is 61.0. The third-order valence-corrected chi connectivity index (χ3v) is 11.0. The molecule has 12 nitrogen and oxygen atoms in total. The second kappa shape index (κ2) is 16.9. The molecule has 47 heavy (non-hydrogen) atoms. The zero-order valence-corrected chi connectivity index (χ0v) is 30.3. The van der Waals surface area contributed by atoms with Gasteiger partial charge in [0, 0.05) is 18.4 Å². The second-order valence-electron chi connectivity index (χ2n) is 15.4. The van der Waals surface area contributed by atoms with E-state index >= 15 is 0 Å². The minimum atomic E-state index is -1.77. The Morgan fingerprint density at radius 1 is 1.00 bits per heavy atom. The van der Waals surface area contributed by atoms with Gasteiger partial charge in [0.05, 0.1) is 35.9 Å². The van der Waals surface area contributed by atoms with Crippen LogP contribution in [0.25, 0.3) is 0 Å². The van der Waals surface area contributed by atoms with Crippen LogP contribution in [0.5, 0.6) is 0 Å². The Labute approximate surface area is 281 Å². The van der Waals surface area contributed by atoms with Crippen molar-refractivity contribution in [1.29, 1.82) is 0 Å². The summed E-state index contributed by atoms with van der Waals surface area (Å²) in [6, 6.07) is -0.563. The molecule has 0 bridgehead atoms. The van der Waals surface area contributed by atoms with Crippen LogP contribution in [-0.2, 0) is 28.5 Å². The Balaban J connectivity index is 2.08. The van der Waals surface area contributed by atoms with Gasteiger partial charge in [-0.1, -0.05) is 27.7 Å². The summed E-state index contributed by atoms with van der Waals surface area (Å²) in [7, 11) is 0. The van der Waals surface area contributed by atoms with E-state index in [9.17, 15) is 30.3 Å². The van der Waals surface area contributed by atoms with Gasteiger partial charge in [-0.05, 0) is 91.5 Å². The van der Waals surface area contributed by atoms with Gasteiger partial charge in [-0.15, -0.1) is 6.61 Å². The van der Waals surface area contributed by atoms with E-state index in [2.05, 4.69) is 5.32 Å². The summed E-state index contributed by atoms with van der Waals surface area (Å²) in [5.74, 6) is -2.53. The first-order valence-corrected chi connectivity index (χ1v) is 17.8. The van der Waals surface area contributed by atoms with E-state index in [4.69, 9.17) is 23.7 Å². The monoisotopic (exact) mass is 674 g/mol. The molecule has 3 heterocycles. The van der Waals surface area contributed by atoms with Gasteiger partial charge in [-0.2, -0.15) is 0 Å². The van der Waals surface area contributed by atoms with Crippen molar-refractivity contribution < 1.29 is 54.0 Å². The van der Waals surface area contributed by atoms with Crippen molar-refractivity contribution in [3.05, 3.63) is 0 Å². The number of hydrogen-bond donors (Lipinski definition) is 5. The van der Waals surface area contributed by atoms with Crippen LogP contribution >= 0.6 is 0 Å². The first kappa shape index (κ1) is 40.5. The summed E-state index contributed by atoms with van der Waals surface area (Å²) in [6.45, 7) is 18.0. The van der Waals surface area contributed by atoms with Crippen LogP contribution in [0, 0.1) is 29.6 Å². The average molecular weight is 675 g/mol. The van der Waals surface area contributed by atoms with Crippen molar-refractivity contribution in [3.8, 4) is 0 Å². The van der Waals surface area contributed by atoms with Gasteiger partial charge in [0.15, 0.2) is 12.6 Å². The molecule has 12 heteroatoms. The molecule has 17 atom stereocenters. The fourth-order valence-electron chi connectivity index (χ4n) is 7.89. The molecule has 3 fully saturated rings. The number of aliphatic hydroxyl groups excluding tert-OH is 2. The van der Waals surface area contributed by atoms with Crippen molar-refractivity contribution in [1.82, 2.24) is 5.32 Å². The third kappa shape index (κ3) is 9.86. The van der Waals surface area contributed by atoms with Crippen LogP contribution in [0.2, 0.25) is 0 Å². The zero-order valence-electron chi connectivity index (χ0n) is 30.3. The Bertz CT molecular complexity index is 969. The molecule has 5 N–H and O–H groups in total. The molecule has 0 radical (unpaired) electrons. The van der Waals surface area contributed by atoms with E-state index in [1.165, 1.54) is 6.92 Å². The number of aliphatic hydroxyl groups is 4. The summed E-state index contributed by atoms with van der Waals surface area (Å²) in [6.07, 6.45) is -5.28. The molecule has 0 saturated carbocycles. The normalized spacial score (nSPS) is 49.9. The number of esters is 1. The standard InChI is InChI=1S/C35H64NO11/c1-11-27-35(10,42)30(39)23(7)36-16-18(2)15-34(9,41)31(47-33-26(38)13-12-20(4)43-33)21(5)29(22(6)32(40)45-27)46-28-14-19(3)25(17-37)24(8)44-28/h18-31,33,36,38-39,41-42H,11-17H2,1-10H3/q-1/t18-,19?,20-,21+,22-,23-,24+,25?,26-,27-,28+,29+,30-,31-,33+,34-,35-/m1/s1. The van der Waals surface area contributed by atoms with Gasteiger partial charge in [0.1, 0.15) is 23.9 Å². The van der Waals surface area contributed by atoms with Crippen LogP contribution in [0.3, 0.4) is 0 Å². The number of rotatable bonds is 6. The fraction of sp³-hybridized carbons (Fsp3) is 0.971. The molecule has 276 valence electrons. The highest BCUT2D eigenvalue weighted by molar-refractivity contribution is 5.73. The van der Waals surface area contributed by atoms with Crippen molar-refractivity contribution in [2.75, 3.05) is 13.2 Å². The van der Waals surface area contributed by atoms with E-state index in [0.717, 1.165) is 0 Å². The topological polar surface area (TPSA) is 179 Å². The van der Waals surface area contributed by atoms with Gasteiger partial charge in [-0.3, -0.25) is 4.79 Å². The Morgan fingerprint density at radius 2 is 1.66 bits per heavy atom. The van der Waals surface area contributed by atoms with Crippen LogP contribution in [0.4, 0.5) is 0 Å². The highest BCUT2D eigenvalue weighted by atomic mass is 16.7. The summed E-state index contributed by atoms with van der Waals surface area (Å²) in [5.41, 5.74) is -3.26. The number of hydrogen-bond acceptors (Lipinski definition) is 12. The summed E-state index contributed by atoms with van der Waals surface area (Å²) < 4.78 is 31.3. The van der Waals surface area contributed by atoms with Crippen molar-refractivity contribution in [3.63, 3.8) is 0 Å². The lowest BCUT2D eigenvalue weighted by Gasteiger charge is -2.47. The molecule has 0 spiro atoms. The Morgan fingerprint density at radius 3 is 2.26 bits per heavy atom. The van der Waals surface area contributed by atoms with E-state index < -0.39 is 78.1 Å². The molecule has 3 rings (SSSR count). The first-order chi connectivity index (χ1) is 21.8. The molecule has 3 aliphatic heterocycles. The second-order valence-corrected chi connectivity index (χ2v) is 15.4. The number of carbonyl (C=O) groups excluding carboxylic acids is 1. The van der Waals surface area contributed by atoms with Crippen LogP contribution < -0.4 is 10.4 Å². The number of cyclic esters (lactones) is 1. The molecule has 0 aromatic rings. The molecule has 0 aliphatic carbocycles. The van der Waals surface area contributed by atoms with Crippen LogP contribution in [0.15, 0.2) is 0 Å². The largest absolute Gasteiger partial charge is 0.854 e. The molecular formula is C35H64NO11-. The van der Waals surface area contributed by atoms with E-state index in [1.54, 1.807) is 27.7 Å². The van der Waals surface area contributed by atoms with Gasteiger partial charge in [0.2, 0.25) is 0 Å². The summed E-state index contributed by atoms with van der Waals surface area (Å²) >= 11 is 0. The average Bonchev–Trinajstić information content (AvgIpc) is 2.99. The number of nitrogens with one attached hydrogen (secondary N) is 1. The molecule has 2 unspecified atom stereocenters. The maximum Gasteiger partial charge on any atom is 0.311 e. The number of carbonyl (C=O) groups is 1. The Kier molecular flexibility index (Phi) is 14.5. The van der Waals surface area contributed by atoms with E-state index in [-0.39, 0.29) is 49.4 Å². The predicted molar refractivity (Wildman–Crippen MR) is 173 cm³/mol. The molecule has 0 aromatic heterocycles. The minimum absolute atomic E-state index is 0.0138. The molecule has 0 amide bonds. The lowest BCUT2D eigenvalue weighted by Crippen LogP contribution is -2.58. The highest BCUT2D eigenvalue weighted by Crippen LogP contribution is 2.39. The predicted octanol–water partition coefficient (Wildman–Crippen LogP) is 1.87. The molecule has 3 aliphatic rings. The summed E-state index contributed by atoms with van der Waals surface area (Å²) in [4.78, 5) is 14.0. The SMILES string of the molecule is CC[C@H]1OC(=O)[C@H](C)[C@@H](O[C@H]2CC(C)C(C[O-])[C@H](C)O2)[C@H](C)[C@@H](O[C@@H]2O[C@H](C)CC[C@H]2O)[C@](C)(O)C[C@@H](C)CN[C@H](C)[C@@H](O)[C@]1(C)O. The molecule has 0 aromatic carbocycles. The number of ether oxygens (including phenoxy) is 5. The van der Waals surface area contributed by atoms with Gasteiger partial charge >= 0.3 is 5.97 Å². The van der Waals surface area contributed by atoms with Gasteiger partial charge in [0.25, 0.3) is 0 Å². The maximum atomic E-state index is 14.0. The van der Waals surface area contributed by atoms with Crippen molar-refractivity contribution in [2.45, 2.75) is 174 Å². The maximum absolute atomic E-state index is 14.0. The fourth-order valence-corrected chi connectivity index (χ4v) is 7.89. The van der Waals surface area contributed by atoms with E-state index in [1.807, 2.05) is 34.6 Å². The van der Waals surface area contributed by atoms with Gasteiger partial charge in [-0.25, -0.2) is 0 Å². The highest BCUT2D eigenvalue weighted by Gasteiger charge is 2.50.